The maximum absolute atomic E-state index is 12.4. The number of aromatic nitrogens is 2. The van der Waals surface area contributed by atoms with Crippen molar-refractivity contribution in [1.82, 2.24) is 9.38 Å². The Morgan fingerprint density at radius 3 is 2.86 bits per heavy atom. The molecule has 0 saturated carbocycles. The number of alkyl halides is 2. The third kappa shape index (κ3) is 1.21. The number of nitriles is 1. The first kappa shape index (κ1) is 8.63. The Balaban J connectivity index is 2.71. The Morgan fingerprint density at radius 2 is 2.21 bits per heavy atom. The van der Waals surface area contributed by atoms with Gasteiger partial charge in [0.1, 0.15) is 17.4 Å². The van der Waals surface area contributed by atoms with E-state index in [-0.39, 0.29) is 5.69 Å². The average Bonchev–Trinajstić information content (AvgIpc) is 2.59. The van der Waals surface area contributed by atoms with Crippen LogP contribution in [-0.2, 0) is 0 Å². The Labute approximate surface area is 78.2 Å². The molecule has 0 N–H and O–H groups in total. The lowest BCUT2D eigenvalue weighted by molar-refractivity contribution is 0.145. The van der Waals surface area contributed by atoms with Gasteiger partial charge in [0, 0.05) is 6.20 Å². The van der Waals surface area contributed by atoms with Crippen LogP contribution >= 0.6 is 0 Å². The van der Waals surface area contributed by atoms with Gasteiger partial charge in [-0.3, -0.25) is 4.40 Å². The van der Waals surface area contributed by atoms with Crippen molar-refractivity contribution < 1.29 is 8.78 Å². The molecule has 2 heterocycles. The summed E-state index contributed by atoms with van der Waals surface area (Å²) in [5.74, 6) is 0. The summed E-state index contributed by atoms with van der Waals surface area (Å²) in [7, 11) is 0. The second kappa shape index (κ2) is 3.07. The summed E-state index contributed by atoms with van der Waals surface area (Å²) in [4.78, 5) is 3.79. The van der Waals surface area contributed by atoms with Gasteiger partial charge in [-0.05, 0) is 12.1 Å². The molecule has 0 spiro atoms. The fourth-order valence-electron chi connectivity index (χ4n) is 1.23. The number of rotatable bonds is 1. The molecule has 0 amide bonds. The van der Waals surface area contributed by atoms with E-state index in [1.165, 1.54) is 22.7 Å². The molecule has 0 fully saturated rings. The van der Waals surface area contributed by atoms with Gasteiger partial charge >= 0.3 is 0 Å². The van der Waals surface area contributed by atoms with Crippen molar-refractivity contribution in [3.05, 3.63) is 35.8 Å². The lowest BCUT2D eigenvalue weighted by atomic mass is 10.3. The van der Waals surface area contributed by atoms with Crippen molar-refractivity contribution in [2.45, 2.75) is 6.43 Å². The van der Waals surface area contributed by atoms with Gasteiger partial charge in [-0.1, -0.05) is 0 Å². The van der Waals surface area contributed by atoms with Gasteiger partial charge in [0.2, 0.25) is 0 Å². The number of hydrogen-bond donors (Lipinski definition) is 0. The first-order valence-corrected chi connectivity index (χ1v) is 3.87. The molecule has 14 heavy (non-hydrogen) atoms. The minimum absolute atomic E-state index is 0.197. The van der Waals surface area contributed by atoms with Crippen LogP contribution in [0.25, 0.3) is 5.65 Å². The molecule has 0 radical (unpaired) electrons. The maximum Gasteiger partial charge on any atom is 0.280 e. The molecule has 0 bridgehead atoms. The molecule has 3 nitrogen and oxygen atoms in total. The van der Waals surface area contributed by atoms with Crippen LogP contribution in [0.4, 0.5) is 8.78 Å². The summed E-state index contributed by atoms with van der Waals surface area (Å²) in [6.07, 6.45) is -0.121. The normalized spacial score (nSPS) is 10.7. The molecule has 0 atom stereocenters. The first-order chi connectivity index (χ1) is 6.72. The highest BCUT2D eigenvalue weighted by molar-refractivity contribution is 5.44. The van der Waals surface area contributed by atoms with Crippen molar-refractivity contribution in [3.63, 3.8) is 0 Å². The molecule has 70 valence electrons. The minimum Gasteiger partial charge on any atom is -0.297 e. The molecule has 0 aliphatic rings. The molecule has 2 aromatic heterocycles. The summed E-state index contributed by atoms with van der Waals surface area (Å²) in [6, 6.07) is 4.95. The zero-order valence-corrected chi connectivity index (χ0v) is 6.98. The molecule has 0 aliphatic carbocycles. The zero-order chi connectivity index (χ0) is 10.1. The van der Waals surface area contributed by atoms with Crippen molar-refractivity contribution in [2.24, 2.45) is 0 Å². The van der Waals surface area contributed by atoms with E-state index in [1.54, 1.807) is 0 Å². The smallest absolute Gasteiger partial charge is 0.280 e. The molecule has 0 saturated heterocycles. The van der Waals surface area contributed by atoms with Crippen LogP contribution < -0.4 is 0 Å². The van der Waals surface area contributed by atoms with Gasteiger partial charge in [0.15, 0.2) is 0 Å². The molecular weight excluding hydrogens is 188 g/mol. The van der Waals surface area contributed by atoms with Crippen LogP contribution in [0.5, 0.6) is 0 Å². The van der Waals surface area contributed by atoms with E-state index in [2.05, 4.69) is 4.98 Å². The SMILES string of the molecule is N#Cc1ccc2ncc(C(F)F)n2c1. The minimum atomic E-state index is -2.58. The van der Waals surface area contributed by atoms with Gasteiger partial charge in [0.25, 0.3) is 6.43 Å². The van der Waals surface area contributed by atoms with Crippen LogP contribution in [0.3, 0.4) is 0 Å². The van der Waals surface area contributed by atoms with E-state index >= 15 is 0 Å². The number of fused-ring (bicyclic) bond motifs is 1. The standard InChI is InChI=1S/C9H5F2N3/c10-9(11)7-4-13-8-2-1-6(3-12)5-14(7)8/h1-2,4-5,9H. The third-order valence-corrected chi connectivity index (χ3v) is 1.89. The fourth-order valence-corrected chi connectivity index (χ4v) is 1.23. The largest absolute Gasteiger partial charge is 0.297 e. The van der Waals surface area contributed by atoms with Crippen LogP contribution in [0.1, 0.15) is 17.7 Å². The third-order valence-electron chi connectivity index (χ3n) is 1.89. The Hall–Kier alpha value is -1.96. The summed E-state index contributed by atoms with van der Waals surface area (Å²) < 4.78 is 26.1. The fraction of sp³-hybridized carbons (Fsp3) is 0.111. The summed E-state index contributed by atoms with van der Waals surface area (Å²) in [6.45, 7) is 0. The summed E-state index contributed by atoms with van der Waals surface area (Å²) in [5, 5.41) is 8.59. The Morgan fingerprint density at radius 1 is 1.43 bits per heavy atom. The van der Waals surface area contributed by atoms with Crippen LogP contribution in [0.15, 0.2) is 24.5 Å². The average molecular weight is 193 g/mol. The predicted octanol–water partition coefficient (Wildman–Crippen LogP) is 2.14. The van der Waals surface area contributed by atoms with E-state index in [9.17, 15) is 8.78 Å². The number of nitrogens with zero attached hydrogens (tertiary/aromatic N) is 3. The van der Waals surface area contributed by atoms with Crippen molar-refractivity contribution >= 4 is 5.65 Å². The quantitative estimate of drug-likeness (QED) is 0.696. The van der Waals surface area contributed by atoms with E-state index in [4.69, 9.17) is 5.26 Å². The summed E-state index contributed by atoms with van der Waals surface area (Å²) >= 11 is 0. The Bertz CT molecular complexity index is 510. The number of imidazole rings is 1. The first-order valence-electron chi connectivity index (χ1n) is 3.87. The second-order valence-electron chi connectivity index (χ2n) is 2.74. The number of halogens is 2. The van der Waals surface area contributed by atoms with Gasteiger partial charge in [0.05, 0.1) is 11.8 Å². The lowest BCUT2D eigenvalue weighted by Crippen LogP contribution is -1.93. The molecule has 5 heteroatoms. The predicted molar refractivity (Wildman–Crippen MR) is 44.9 cm³/mol. The molecular formula is C9H5F2N3. The zero-order valence-electron chi connectivity index (χ0n) is 6.98. The van der Waals surface area contributed by atoms with E-state index in [0.29, 0.717) is 11.2 Å². The highest BCUT2D eigenvalue weighted by atomic mass is 19.3. The highest BCUT2D eigenvalue weighted by Crippen LogP contribution is 2.20. The van der Waals surface area contributed by atoms with Crippen molar-refractivity contribution in [1.29, 1.82) is 5.26 Å². The van der Waals surface area contributed by atoms with E-state index in [0.717, 1.165) is 6.20 Å². The molecule has 0 aromatic carbocycles. The van der Waals surface area contributed by atoms with Crippen LogP contribution in [-0.4, -0.2) is 9.38 Å². The monoisotopic (exact) mass is 193 g/mol. The molecule has 0 unspecified atom stereocenters. The topological polar surface area (TPSA) is 41.1 Å². The van der Waals surface area contributed by atoms with Crippen molar-refractivity contribution in [2.75, 3.05) is 0 Å². The molecule has 2 aromatic rings. The number of hydrogen-bond acceptors (Lipinski definition) is 2. The van der Waals surface area contributed by atoms with Gasteiger partial charge < -0.3 is 0 Å². The van der Waals surface area contributed by atoms with E-state index in [1.807, 2.05) is 6.07 Å². The summed E-state index contributed by atoms with van der Waals surface area (Å²) in [5.41, 5.74) is 0.550. The van der Waals surface area contributed by atoms with Gasteiger partial charge in [-0.25, -0.2) is 13.8 Å². The maximum atomic E-state index is 12.4. The molecule has 0 aliphatic heterocycles. The van der Waals surface area contributed by atoms with Crippen LogP contribution in [0, 0.1) is 11.3 Å². The lowest BCUT2D eigenvalue weighted by Gasteiger charge is -1.99. The number of pyridine rings is 1. The van der Waals surface area contributed by atoms with Crippen molar-refractivity contribution in [3.8, 4) is 6.07 Å². The Kier molecular flexibility index (Phi) is 1.89. The highest BCUT2D eigenvalue weighted by Gasteiger charge is 2.12. The van der Waals surface area contributed by atoms with E-state index < -0.39 is 6.43 Å². The van der Waals surface area contributed by atoms with Gasteiger partial charge in [-0.15, -0.1) is 0 Å². The molecule has 2 rings (SSSR count). The van der Waals surface area contributed by atoms with Crippen LogP contribution in [0.2, 0.25) is 0 Å². The van der Waals surface area contributed by atoms with Gasteiger partial charge in [-0.2, -0.15) is 5.26 Å². The second-order valence-corrected chi connectivity index (χ2v) is 2.74.